The summed E-state index contributed by atoms with van der Waals surface area (Å²) in [5.74, 6) is 0. The summed E-state index contributed by atoms with van der Waals surface area (Å²) in [5.41, 5.74) is 8.80. The van der Waals surface area contributed by atoms with E-state index in [0.717, 1.165) is 13.1 Å². The highest BCUT2D eigenvalue weighted by Crippen LogP contribution is 2.34. The lowest BCUT2D eigenvalue weighted by molar-refractivity contribution is 0.0544. The molecule has 1 fully saturated rings. The standard InChI is InChI=1S/C17H20N2/c1-17(18)12-19(13-17)16(14-8-4-2-5-9-14)15-10-6-3-7-11-15/h2-11,16H,12-13,18H2,1H3. The number of hydrogen-bond donors (Lipinski definition) is 1. The van der Waals surface area contributed by atoms with Crippen LogP contribution in [0.5, 0.6) is 0 Å². The molecule has 1 saturated heterocycles. The van der Waals surface area contributed by atoms with Gasteiger partial charge in [0.05, 0.1) is 6.04 Å². The Morgan fingerprint density at radius 1 is 0.895 bits per heavy atom. The second-order valence-corrected chi connectivity index (χ2v) is 5.78. The summed E-state index contributed by atoms with van der Waals surface area (Å²) in [5, 5.41) is 0. The lowest BCUT2D eigenvalue weighted by Crippen LogP contribution is -2.65. The normalized spacial score (nSPS) is 18.3. The minimum atomic E-state index is -0.0399. The van der Waals surface area contributed by atoms with Crippen molar-refractivity contribution >= 4 is 0 Å². The van der Waals surface area contributed by atoms with Gasteiger partial charge in [-0.15, -0.1) is 0 Å². The summed E-state index contributed by atoms with van der Waals surface area (Å²) in [6.45, 7) is 4.01. The Balaban J connectivity index is 1.93. The summed E-state index contributed by atoms with van der Waals surface area (Å²) in [6.07, 6.45) is 0. The Labute approximate surface area is 114 Å². The number of nitrogens with two attached hydrogens (primary N) is 1. The minimum Gasteiger partial charge on any atom is -0.323 e. The molecular formula is C17H20N2. The van der Waals surface area contributed by atoms with Crippen LogP contribution in [0.2, 0.25) is 0 Å². The molecule has 2 nitrogen and oxygen atoms in total. The second kappa shape index (κ2) is 4.80. The molecule has 0 saturated carbocycles. The molecule has 98 valence electrons. The van der Waals surface area contributed by atoms with E-state index in [1.54, 1.807) is 0 Å². The van der Waals surface area contributed by atoms with Crippen molar-refractivity contribution in [2.24, 2.45) is 5.73 Å². The molecule has 19 heavy (non-hydrogen) atoms. The summed E-state index contributed by atoms with van der Waals surface area (Å²) >= 11 is 0. The predicted molar refractivity (Wildman–Crippen MR) is 78.9 cm³/mol. The molecule has 0 amide bonds. The molecule has 0 radical (unpaired) electrons. The van der Waals surface area contributed by atoms with Gasteiger partial charge in [-0.1, -0.05) is 60.7 Å². The van der Waals surface area contributed by atoms with Gasteiger partial charge in [-0.2, -0.15) is 0 Å². The third-order valence-electron chi connectivity index (χ3n) is 3.72. The number of hydrogen-bond acceptors (Lipinski definition) is 2. The van der Waals surface area contributed by atoms with Crippen LogP contribution in [0.25, 0.3) is 0 Å². The van der Waals surface area contributed by atoms with Crippen molar-refractivity contribution in [2.75, 3.05) is 13.1 Å². The first-order chi connectivity index (χ1) is 9.16. The van der Waals surface area contributed by atoms with Crippen molar-refractivity contribution < 1.29 is 0 Å². The highest BCUT2D eigenvalue weighted by molar-refractivity contribution is 5.33. The lowest BCUT2D eigenvalue weighted by Gasteiger charge is -2.49. The Hall–Kier alpha value is -1.64. The van der Waals surface area contributed by atoms with Gasteiger partial charge in [-0.05, 0) is 18.1 Å². The summed E-state index contributed by atoms with van der Waals surface area (Å²) in [6, 6.07) is 21.7. The third kappa shape index (κ3) is 2.55. The number of likely N-dealkylation sites (tertiary alicyclic amines) is 1. The maximum atomic E-state index is 6.16. The SMILES string of the molecule is CC1(N)CN(C(c2ccccc2)c2ccccc2)C1. The van der Waals surface area contributed by atoms with Crippen LogP contribution in [0.4, 0.5) is 0 Å². The number of rotatable bonds is 3. The van der Waals surface area contributed by atoms with Gasteiger partial charge in [-0.25, -0.2) is 0 Å². The molecule has 0 atom stereocenters. The van der Waals surface area contributed by atoms with E-state index in [1.807, 2.05) is 0 Å². The van der Waals surface area contributed by atoms with Crippen molar-refractivity contribution in [3.8, 4) is 0 Å². The predicted octanol–water partition coefficient (Wildman–Crippen LogP) is 2.81. The van der Waals surface area contributed by atoms with Crippen LogP contribution in [0.3, 0.4) is 0 Å². The maximum absolute atomic E-state index is 6.16. The van der Waals surface area contributed by atoms with E-state index >= 15 is 0 Å². The van der Waals surface area contributed by atoms with Crippen LogP contribution in [0.1, 0.15) is 24.1 Å². The van der Waals surface area contributed by atoms with Gasteiger partial charge in [-0.3, -0.25) is 4.90 Å². The summed E-state index contributed by atoms with van der Waals surface area (Å²) < 4.78 is 0. The van der Waals surface area contributed by atoms with Gasteiger partial charge in [0.15, 0.2) is 0 Å². The minimum absolute atomic E-state index is 0.0399. The maximum Gasteiger partial charge on any atom is 0.0603 e. The molecule has 0 aromatic heterocycles. The Morgan fingerprint density at radius 2 is 1.32 bits per heavy atom. The van der Waals surface area contributed by atoms with E-state index in [9.17, 15) is 0 Å². The van der Waals surface area contributed by atoms with Crippen LogP contribution < -0.4 is 5.73 Å². The molecular weight excluding hydrogens is 232 g/mol. The molecule has 0 spiro atoms. The quantitative estimate of drug-likeness (QED) is 0.910. The summed E-state index contributed by atoms with van der Waals surface area (Å²) in [7, 11) is 0. The van der Waals surface area contributed by atoms with Gasteiger partial charge >= 0.3 is 0 Å². The highest BCUT2D eigenvalue weighted by atomic mass is 15.3. The van der Waals surface area contributed by atoms with Gasteiger partial charge in [0, 0.05) is 18.6 Å². The van der Waals surface area contributed by atoms with Gasteiger partial charge in [0.1, 0.15) is 0 Å². The first-order valence-corrected chi connectivity index (χ1v) is 6.79. The van der Waals surface area contributed by atoms with E-state index < -0.39 is 0 Å². The molecule has 3 rings (SSSR count). The zero-order valence-corrected chi connectivity index (χ0v) is 11.3. The Bertz CT molecular complexity index is 486. The van der Waals surface area contributed by atoms with Gasteiger partial charge < -0.3 is 5.73 Å². The largest absolute Gasteiger partial charge is 0.323 e. The van der Waals surface area contributed by atoms with E-state index in [4.69, 9.17) is 5.73 Å². The monoisotopic (exact) mass is 252 g/mol. The molecule has 0 aliphatic carbocycles. The number of benzene rings is 2. The molecule has 1 heterocycles. The van der Waals surface area contributed by atoms with Crippen LogP contribution in [0, 0.1) is 0 Å². The van der Waals surface area contributed by atoms with Gasteiger partial charge in [0.25, 0.3) is 0 Å². The van der Waals surface area contributed by atoms with Crippen molar-refractivity contribution in [3.63, 3.8) is 0 Å². The zero-order chi connectivity index (χ0) is 13.3. The first-order valence-electron chi connectivity index (χ1n) is 6.79. The van der Waals surface area contributed by atoms with Crippen LogP contribution in [-0.4, -0.2) is 23.5 Å². The highest BCUT2D eigenvalue weighted by Gasteiger charge is 2.39. The smallest absolute Gasteiger partial charge is 0.0603 e. The van der Waals surface area contributed by atoms with Gasteiger partial charge in [0.2, 0.25) is 0 Å². The summed E-state index contributed by atoms with van der Waals surface area (Å²) in [4.78, 5) is 2.45. The van der Waals surface area contributed by atoms with Crippen molar-refractivity contribution in [1.82, 2.24) is 4.90 Å². The fourth-order valence-electron chi connectivity index (χ4n) is 2.95. The average molecular weight is 252 g/mol. The van der Waals surface area contributed by atoms with Crippen LogP contribution in [0.15, 0.2) is 60.7 Å². The molecule has 0 unspecified atom stereocenters. The second-order valence-electron chi connectivity index (χ2n) is 5.78. The van der Waals surface area contributed by atoms with E-state index in [1.165, 1.54) is 11.1 Å². The Kier molecular flexibility index (Phi) is 3.13. The fraction of sp³-hybridized carbons (Fsp3) is 0.294. The molecule has 0 bridgehead atoms. The van der Waals surface area contributed by atoms with Crippen molar-refractivity contribution in [3.05, 3.63) is 71.8 Å². The molecule has 2 aromatic rings. The van der Waals surface area contributed by atoms with E-state index in [-0.39, 0.29) is 5.54 Å². The molecule has 2 heteroatoms. The average Bonchev–Trinajstić information content (AvgIpc) is 2.39. The van der Waals surface area contributed by atoms with Crippen molar-refractivity contribution in [1.29, 1.82) is 0 Å². The molecule has 2 aromatic carbocycles. The topological polar surface area (TPSA) is 29.3 Å². The molecule has 1 aliphatic rings. The molecule has 1 aliphatic heterocycles. The van der Waals surface area contributed by atoms with Crippen molar-refractivity contribution in [2.45, 2.75) is 18.5 Å². The Morgan fingerprint density at radius 3 is 1.68 bits per heavy atom. The molecule has 2 N–H and O–H groups in total. The van der Waals surface area contributed by atoms with E-state index in [2.05, 4.69) is 72.5 Å². The lowest BCUT2D eigenvalue weighted by atomic mass is 9.87. The van der Waals surface area contributed by atoms with E-state index in [0.29, 0.717) is 6.04 Å². The van der Waals surface area contributed by atoms with Crippen LogP contribution in [-0.2, 0) is 0 Å². The zero-order valence-electron chi connectivity index (χ0n) is 11.3. The first kappa shape index (κ1) is 12.4. The third-order valence-corrected chi connectivity index (χ3v) is 3.72. The van der Waals surface area contributed by atoms with Crippen LogP contribution >= 0.6 is 0 Å². The fourth-order valence-corrected chi connectivity index (χ4v) is 2.95. The number of nitrogens with zero attached hydrogens (tertiary/aromatic N) is 1.